The van der Waals surface area contributed by atoms with Crippen LogP contribution in [0.15, 0.2) is 23.1 Å². The number of sulfonamides is 1. The summed E-state index contributed by atoms with van der Waals surface area (Å²) < 4.78 is 36.4. The molecule has 0 bridgehead atoms. The Morgan fingerprint density at radius 3 is 2.61 bits per heavy atom. The SMILES string of the molecule is COc1ccc(N)c(S(=O)(=O)N2CCOCC2)c1. The number of benzene rings is 1. The molecule has 0 saturated carbocycles. The van der Waals surface area contributed by atoms with Gasteiger partial charge >= 0.3 is 0 Å². The lowest BCUT2D eigenvalue weighted by molar-refractivity contribution is 0.0730. The fourth-order valence-electron chi connectivity index (χ4n) is 1.79. The smallest absolute Gasteiger partial charge is 0.245 e. The van der Waals surface area contributed by atoms with Gasteiger partial charge < -0.3 is 15.2 Å². The number of methoxy groups -OCH3 is 1. The highest BCUT2D eigenvalue weighted by molar-refractivity contribution is 7.89. The molecule has 0 amide bonds. The Kier molecular flexibility index (Phi) is 3.74. The monoisotopic (exact) mass is 272 g/mol. The highest BCUT2D eigenvalue weighted by Gasteiger charge is 2.28. The normalized spacial score (nSPS) is 17.6. The Balaban J connectivity index is 2.39. The fourth-order valence-corrected chi connectivity index (χ4v) is 3.33. The summed E-state index contributed by atoms with van der Waals surface area (Å²) in [7, 11) is -2.09. The summed E-state index contributed by atoms with van der Waals surface area (Å²) >= 11 is 0. The first-order valence-corrected chi connectivity index (χ1v) is 7.01. The van der Waals surface area contributed by atoms with Crippen molar-refractivity contribution in [2.75, 3.05) is 39.1 Å². The third kappa shape index (κ3) is 2.43. The van der Waals surface area contributed by atoms with E-state index in [0.717, 1.165) is 0 Å². The number of morpholine rings is 1. The minimum absolute atomic E-state index is 0.0868. The molecule has 2 rings (SSSR count). The molecule has 2 N–H and O–H groups in total. The van der Waals surface area contributed by atoms with E-state index in [0.29, 0.717) is 32.1 Å². The molecule has 100 valence electrons. The van der Waals surface area contributed by atoms with E-state index < -0.39 is 10.0 Å². The molecular weight excluding hydrogens is 256 g/mol. The van der Waals surface area contributed by atoms with E-state index in [4.69, 9.17) is 15.2 Å². The molecule has 1 aliphatic heterocycles. The van der Waals surface area contributed by atoms with Gasteiger partial charge in [0.2, 0.25) is 10.0 Å². The Bertz CT molecular complexity index is 524. The van der Waals surface area contributed by atoms with Crippen LogP contribution in [0.3, 0.4) is 0 Å². The number of hydrogen-bond donors (Lipinski definition) is 1. The molecule has 18 heavy (non-hydrogen) atoms. The summed E-state index contributed by atoms with van der Waals surface area (Å²) in [4.78, 5) is 0.0868. The van der Waals surface area contributed by atoms with E-state index in [9.17, 15) is 8.42 Å². The zero-order chi connectivity index (χ0) is 13.2. The minimum Gasteiger partial charge on any atom is -0.497 e. The molecule has 1 fully saturated rings. The average molecular weight is 272 g/mol. The van der Waals surface area contributed by atoms with E-state index in [1.807, 2.05) is 0 Å². The number of ether oxygens (including phenoxy) is 2. The van der Waals surface area contributed by atoms with Gasteiger partial charge in [-0.05, 0) is 12.1 Å². The predicted octanol–water partition coefficient (Wildman–Crippen LogP) is 0.298. The van der Waals surface area contributed by atoms with Crippen LogP contribution in [-0.4, -0.2) is 46.1 Å². The Morgan fingerprint density at radius 2 is 2.00 bits per heavy atom. The molecule has 0 aromatic heterocycles. The van der Waals surface area contributed by atoms with Crippen molar-refractivity contribution >= 4 is 15.7 Å². The molecule has 1 aliphatic rings. The summed E-state index contributed by atoms with van der Waals surface area (Å²) in [6.45, 7) is 1.50. The van der Waals surface area contributed by atoms with Crippen molar-refractivity contribution in [3.8, 4) is 5.75 Å². The summed E-state index contributed by atoms with van der Waals surface area (Å²) in [5, 5.41) is 0. The van der Waals surface area contributed by atoms with Crippen molar-refractivity contribution in [3.05, 3.63) is 18.2 Å². The largest absolute Gasteiger partial charge is 0.497 e. The van der Waals surface area contributed by atoms with Crippen molar-refractivity contribution in [1.82, 2.24) is 4.31 Å². The van der Waals surface area contributed by atoms with E-state index >= 15 is 0 Å². The molecule has 7 heteroatoms. The molecule has 0 aliphatic carbocycles. The Hall–Kier alpha value is -1.31. The molecule has 1 heterocycles. The third-order valence-electron chi connectivity index (χ3n) is 2.81. The number of rotatable bonds is 3. The maximum absolute atomic E-state index is 12.4. The van der Waals surface area contributed by atoms with Gasteiger partial charge in [-0.25, -0.2) is 8.42 Å². The molecular formula is C11H16N2O4S. The fraction of sp³-hybridized carbons (Fsp3) is 0.455. The van der Waals surface area contributed by atoms with Gasteiger partial charge in [0.15, 0.2) is 0 Å². The first-order chi connectivity index (χ1) is 8.55. The first kappa shape index (κ1) is 13.1. The van der Waals surface area contributed by atoms with Gasteiger partial charge in [0.05, 0.1) is 26.0 Å². The zero-order valence-electron chi connectivity index (χ0n) is 10.1. The summed E-state index contributed by atoms with van der Waals surface area (Å²) in [6.07, 6.45) is 0. The van der Waals surface area contributed by atoms with Crippen LogP contribution in [0.5, 0.6) is 5.75 Å². The van der Waals surface area contributed by atoms with Gasteiger partial charge in [-0.2, -0.15) is 4.31 Å². The predicted molar refractivity (Wildman–Crippen MR) is 67.0 cm³/mol. The minimum atomic E-state index is -3.58. The molecule has 0 radical (unpaired) electrons. The van der Waals surface area contributed by atoms with Gasteiger partial charge in [0.25, 0.3) is 0 Å². The lowest BCUT2D eigenvalue weighted by Crippen LogP contribution is -2.40. The van der Waals surface area contributed by atoms with Gasteiger partial charge in [-0.3, -0.25) is 0 Å². The third-order valence-corrected chi connectivity index (χ3v) is 4.76. The van der Waals surface area contributed by atoms with Crippen LogP contribution in [0, 0.1) is 0 Å². The van der Waals surface area contributed by atoms with Crippen LogP contribution in [-0.2, 0) is 14.8 Å². The topological polar surface area (TPSA) is 81.9 Å². The van der Waals surface area contributed by atoms with Gasteiger partial charge in [-0.15, -0.1) is 0 Å². The number of hydrogen-bond acceptors (Lipinski definition) is 5. The van der Waals surface area contributed by atoms with Crippen LogP contribution in [0.25, 0.3) is 0 Å². The van der Waals surface area contributed by atoms with E-state index in [-0.39, 0.29) is 10.6 Å². The van der Waals surface area contributed by atoms with Gasteiger partial charge in [0.1, 0.15) is 10.6 Å². The second-order valence-electron chi connectivity index (χ2n) is 3.92. The second kappa shape index (κ2) is 5.13. The van der Waals surface area contributed by atoms with E-state index in [1.54, 1.807) is 6.07 Å². The molecule has 1 saturated heterocycles. The maximum Gasteiger partial charge on any atom is 0.245 e. The number of nitrogen functional groups attached to an aromatic ring is 1. The Morgan fingerprint density at radius 1 is 1.33 bits per heavy atom. The standard InChI is InChI=1S/C11H16N2O4S/c1-16-9-2-3-10(12)11(8-9)18(14,15)13-4-6-17-7-5-13/h2-3,8H,4-7,12H2,1H3. The van der Waals surface area contributed by atoms with Crippen molar-refractivity contribution < 1.29 is 17.9 Å². The summed E-state index contributed by atoms with van der Waals surface area (Å²) in [5.41, 5.74) is 5.97. The molecule has 0 unspecified atom stereocenters. The molecule has 1 aromatic carbocycles. The van der Waals surface area contributed by atoms with Crippen LogP contribution in [0.1, 0.15) is 0 Å². The maximum atomic E-state index is 12.4. The number of anilines is 1. The summed E-state index contributed by atoms with van der Waals surface area (Å²) in [5.74, 6) is 0.469. The van der Waals surface area contributed by atoms with Crippen LogP contribution in [0.4, 0.5) is 5.69 Å². The first-order valence-electron chi connectivity index (χ1n) is 5.57. The highest BCUT2D eigenvalue weighted by Crippen LogP contribution is 2.27. The van der Waals surface area contributed by atoms with Crippen molar-refractivity contribution in [2.45, 2.75) is 4.90 Å². The van der Waals surface area contributed by atoms with Gasteiger partial charge in [-0.1, -0.05) is 0 Å². The second-order valence-corrected chi connectivity index (χ2v) is 5.83. The van der Waals surface area contributed by atoms with Crippen molar-refractivity contribution in [3.63, 3.8) is 0 Å². The van der Waals surface area contributed by atoms with Crippen molar-refractivity contribution in [1.29, 1.82) is 0 Å². The molecule has 1 aromatic rings. The van der Waals surface area contributed by atoms with Crippen LogP contribution >= 0.6 is 0 Å². The van der Waals surface area contributed by atoms with Crippen LogP contribution in [0.2, 0.25) is 0 Å². The molecule has 6 nitrogen and oxygen atoms in total. The van der Waals surface area contributed by atoms with Crippen LogP contribution < -0.4 is 10.5 Å². The van der Waals surface area contributed by atoms with Gasteiger partial charge in [0, 0.05) is 19.2 Å². The lowest BCUT2D eigenvalue weighted by atomic mass is 10.3. The van der Waals surface area contributed by atoms with E-state index in [2.05, 4.69) is 0 Å². The molecule has 0 atom stereocenters. The Labute approximate surface area is 106 Å². The highest BCUT2D eigenvalue weighted by atomic mass is 32.2. The number of nitrogens with zero attached hydrogens (tertiary/aromatic N) is 1. The summed E-state index contributed by atoms with van der Waals surface area (Å²) in [6, 6.07) is 4.61. The van der Waals surface area contributed by atoms with E-state index in [1.165, 1.54) is 23.5 Å². The average Bonchev–Trinajstić information content (AvgIpc) is 2.40. The van der Waals surface area contributed by atoms with Crippen molar-refractivity contribution in [2.24, 2.45) is 0 Å². The zero-order valence-corrected chi connectivity index (χ0v) is 10.9. The quantitative estimate of drug-likeness (QED) is 0.800. The lowest BCUT2D eigenvalue weighted by Gasteiger charge is -2.26. The number of nitrogens with two attached hydrogens (primary N) is 1. The molecule has 0 spiro atoms.